The number of nitrogens with zero attached hydrogens (tertiary/aromatic N) is 4. The number of nitrogens with one attached hydrogen (secondary N) is 1. The van der Waals surface area contributed by atoms with Crippen molar-refractivity contribution in [2.45, 2.75) is 50.4 Å². The summed E-state index contributed by atoms with van der Waals surface area (Å²) in [5.41, 5.74) is 2.07. The summed E-state index contributed by atoms with van der Waals surface area (Å²) in [4.78, 5) is 16.7. The predicted octanol–water partition coefficient (Wildman–Crippen LogP) is 4.18. The maximum Gasteiger partial charge on any atom is 0.230 e. The van der Waals surface area contributed by atoms with Gasteiger partial charge < -0.3 is 5.32 Å². The first kappa shape index (κ1) is 20.6. The highest BCUT2D eigenvalue weighted by Crippen LogP contribution is 2.26. The summed E-state index contributed by atoms with van der Waals surface area (Å²) in [6.45, 7) is 2.93. The van der Waals surface area contributed by atoms with E-state index in [-0.39, 0.29) is 5.91 Å². The lowest BCUT2D eigenvalue weighted by atomic mass is 9.87. The molecule has 2 aromatic heterocycles. The fourth-order valence-electron chi connectivity index (χ4n) is 3.82. The van der Waals surface area contributed by atoms with Gasteiger partial charge in [0.25, 0.3) is 0 Å². The zero-order chi connectivity index (χ0) is 20.8. The first-order valence-corrected chi connectivity index (χ1v) is 11.5. The second-order valence-corrected chi connectivity index (χ2v) is 8.88. The molecule has 0 aliphatic heterocycles. The van der Waals surface area contributed by atoms with Crippen molar-refractivity contribution in [1.82, 2.24) is 25.1 Å². The van der Waals surface area contributed by atoms with Crippen molar-refractivity contribution in [3.63, 3.8) is 0 Å². The largest absolute Gasteiger partial charge is 0.353 e. The van der Waals surface area contributed by atoms with Crippen LogP contribution in [0, 0.1) is 5.92 Å². The Balaban J connectivity index is 1.47. The molecule has 1 aliphatic rings. The van der Waals surface area contributed by atoms with Gasteiger partial charge in [-0.3, -0.25) is 14.3 Å². The first-order chi connectivity index (χ1) is 14.7. The second kappa shape index (κ2) is 9.89. The van der Waals surface area contributed by atoms with Crippen LogP contribution in [0.15, 0.2) is 60.0 Å². The van der Waals surface area contributed by atoms with E-state index in [0.29, 0.717) is 18.3 Å². The van der Waals surface area contributed by atoms with Crippen LogP contribution in [-0.4, -0.2) is 37.5 Å². The number of carbonyl (C=O) groups is 1. The molecule has 0 unspecified atom stereocenters. The van der Waals surface area contributed by atoms with Gasteiger partial charge in [-0.05, 0) is 49.3 Å². The molecular weight excluding hydrogens is 394 g/mol. The van der Waals surface area contributed by atoms with Gasteiger partial charge >= 0.3 is 0 Å². The van der Waals surface area contributed by atoms with Crippen molar-refractivity contribution < 1.29 is 4.79 Å². The van der Waals surface area contributed by atoms with Crippen molar-refractivity contribution in [2.24, 2.45) is 5.92 Å². The fourth-order valence-corrected chi connectivity index (χ4v) is 4.57. The average Bonchev–Trinajstić information content (AvgIpc) is 3.17. The van der Waals surface area contributed by atoms with Crippen LogP contribution in [0.3, 0.4) is 0 Å². The summed E-state index contributed by atoms with van der Waals surface area (Å²) >= 11 is 1.44. The van der Waals surface area contributed by atoms with Gasteiger partial charge in [0, 0.05) is 24.0 Å². The molecule has 156 valence electrons. The molecule has 0 spiro atoms. The molecule has 1 amide bonds. The predicted molar refractivity (Wildman–Crippen MR) is 119 cm³/mol. The Hall–Kier alpha value is -2.67. The van der Waals surface area contributed by atoms with E-state index < -0.39 is 0 Å². The smallest absolute Gasteiger partial charge is 0.230 e. The SMILES string of the molecule is CC1CCC(NC(=O)CSc2nnc(-c3cccnc3)n2Cc2ccccc2)CC1. The van der Waals surface area contributed by atoms with Gasteiger partial charge in [0.05, 0.1) is 12.3 Å². The number of aromatic nitrogens is 4. The van der Waals surface area contributed by atoms with E-state index in [2.05, 4.69) is 44.1 Å². The summed E-state index contributed by atoms with van der Waals surface area (Å²) in [6.07, 6.45) is 8.07. The van der Waals surface area contributed by atoms with E-state index >= 15 is 0 Å². The third-order valence-electron chi connectivity index (χ3n) is 5.53. The number of hydrogen-bond acceptors (Lipinski definition) is 5. The molecule has 4 rings (SSSR count). The van der Waals surface area contributed by atoms with Crippen molar-refractivity contribution in [3.05, 3.63) is 60.4 Å². The van der Waals surface area contributed by atoms with Crippen LogP contribution < -0.4 is 5.32 Å². The zero-order valence-electron chi connectivity index (χ0n) is 17.2. The summed E-state index contributed by atoms with van der Waals surface area (Å²) in [5, 5.41) is 12.7. The van der Waals surface area contributed by atoms with Crippen LogP contribution in [0.2, 0.25) is 0 Å². The third-order valence-corrected chi connectivity index (χ3v) is 6.50. The highest BCUT2D eigenvalue weighted by Gasteiger charge is 2.21. The molecule has 1 aliphatic carbocycles. The van der Waals surface area contributed by atoms with Gasteiger partial charge in [0.15, 0.2) is 11.0 Å². The quantitative estimate of drug-likeness (QED) is 0.580. The molecule has 7 heteroatoms. The highest BCUT2D eigenvalue weighted by molar-refractivity contribution is 7.99. The Morgan fingerprint density at radius 1 is 1.10 bits per heavy atom. The molecule has 2 heterocycles. The number of hydrogen-bond donors (Lipinski definition) is 1. The van der Waals surface area contributed by atoms with Crippen LogP contribution in [-0.2, 0) is 11.3 Å². The molecule has 0 saturated heterocycles. The lowest BCUT2D eigenvalue weighted by molar-refractivity contribution is -0.119. The van der Waals surface area contributed by atoms with Crippen molar-refractivity contribution in [3.8, 4) is 11.4 Å². The summed E-state index contributed by atoms with van der Waals surface area (Å²) < 4.78 is 2.06. The molecule has 1 N–H and O–H groups in total. The number of benzene rings is 1. The Morgan fingerprint density at radius 2 is 1.90 bits per heavy atom. The molecule has 6 nitrogen and oxygen atoms in total. The fraction of sp³-hybridized carbons (Fsp3) is 0.391. The minimum atomic E-state index is 0.0664. The van der Waals surface area contributed by atoms with E-state index in [1.807, 2.05) is 30.3 Å². The molecule has 0 atom stereocenters. The summed E-state index contributed by atoms with van der Waals surface area (Å²) in [5.74, 6) is 1.94. The molecule has 3 aromatic rings. The van der Waals surface area contributed by atoms with E-state index in [9.17, 15) is 4.79 Å². The van der Waals surface area contributed by atoms with Gasteiger partial charge in [-0.25, -0.2) is 0 Å². The molecule has 1 saturated carbocycles. The lowest BCUT2D eigenvalue weighted by Crippen LogP contribution is -2.38. The zero-order valence-corrected chi connectivity index (χ0v) is 18.0. The molecular formula is C23H27N5OS. The normalized spacial score (nSPS) is 18.8. The van der Waals surface area contributed by atoms with Gasteiger partial charge in [-0.15, -0.1) is 10.2 Å². The van der Waals surface area contributed by atoms with Gasteiger partial charge in [0.1, 0.15) is 0 Å². The Morgan fingerprint density at radius 3 is 2.63 bits per heavy atom. The standard InChI is InChI=1S/C23H27N5OS/c1-17-9-11-20(12-10-17)25-21(29)16-30-23-27-26-22(19-8-5-13-24-14-19)28(23)15-18-6-3-2-4-7-18/h2-8,13-14,17,20H,9-12,15-16H2,1H3,(H,25,29). The average molecular weight is 422 g/mol. The van der Waals surface area contributed by atoms with Gasteiger partial charge in [0.2, 0.25) is 5.91 Å². The second-order valence-electron chi connectivity index (χ2n) is 7.93. The maximum absolute atomic E-state index is 12.5. The molecule has 30 heavy (non-hydrogen) atoms. The van der Waals surface area contributed by atoms with Crippen LogP contribution in [0.4, 0.5) is 0 Å². The molecule has 1 aromatic carbocycles. The Kier molecular flexibility index (Phi) is 6.79. The van der Waals surface area contributed by atoms with Crippen molar-refractivity contribution in [1.29, 1.82) is 0 Å². The number of pyridine rings is 1. The topological polar surface area (TPSA) is 72.7 Å². The van der Waals surface area contributed by atoms with E-state index in [1.54, 1.807) is 12.4 Å². The van der Waals surface area contributed by atoms with Gasteiger partial charge in [-0.1, -0.05) is 49.0 Å². The number of thioether (sulfide) groups is 1. The monoisotopic (exact) mass is 421 g/mol. The lowest BCUT2D eigenvalue weighted by Gasteiger charge is -2.26. The molecule has 0 radical (unpaired) electrons. The van der Waals surface area contributed by atoms with Crippen LogP contribution in [0.1, 0.15) is 38.2 Å². The third kappa shape index (κ3) is 5.27. The molecule has 1 fully saturated rings. The number of carbonyl (C=O) groups excluding carboxylic acids is 1. The van der Waals surface area contributed by atoms with Crippen molar-refractivity contribution in [2.75, 3.05) is 5.75 Å². The summed E-state index contributed by atoms with van der Waals surface area (Å²) in [7, 11) is 0. The minimum Gasteiger partial charge on any atom is -0.353 e. The number of amides is 1. The Bertz CT molecular complexity index is 952. The van der Waals surface area contributed by atoms with Crippen LogP contribution >= 0.6 is 11.8 Å². The van der Waals surface area contributed by atoms with Crippen LogP contribution in [0.5, 0.6) is 0 Å². The van der Waals surface area contributed by atoms with Crippen LogP contribution in [0.25, 0.3) is 11.4 Å². The Labute approximate surface area is 181 Å². The van der Waals surface area contributed by atoms with Gasteiger partial charge in [-0.2, -0.15) is 0 Å². The number of rotatable bonds is 7. The van der Waals surface area contributed by atoms with Crippen molar-refractivity contribution >= 4 is 17.7 Å². The van der Waals surface area contributed by atoms with E-state index in [0.717, 1.165) is 40.9 Å². The maximum atomic E-state index is 12.5. The first-order valence-electron chi connectivity index (χ1n) is 10.5. The highest BCUT2D eigenvalue weighted by atomic mass is 32.2. The van der Waals surface area contributed by atoms with E-state index in [4.69, 9.17) is 0 Å². The molecule has 0 bridgehead atoms. The minimum absolute atomic E-state index is 0.0664. The van der Waals surface area contributed by atoms with E-state index in [1.165, 1.54) is 24.6 Å². The summed E-state index contributed by atoms with van der Waals surface area (Å²) in [6, 6.07) is 14.4.